The molecule has 0 radical (unpaired) electrons. The number of nitrogens with zero attached hydrogens (tertiary/aromatic N) is 2. The van der Waals surface area contributed by atoms with Crippen LogP contribution < -0.4 is 5.32 Å². The molecule has 4 rings (SSSR count). The molecule has 0 bridgehead atoms. The number of rotatable bonds is 3. The van der Waals surface area contributed by atoms with E-state index < -0.39 is 0 Å². The molecule has 3 fully saturated rings. The summed E-state index contributed by atoms with van der Waals surface area (Å²) in [6.07, 6.45) is 0. The highest BCUT2D eigenvalue weighted by Gasteiger charge is 2.50. The van der Waals surface area contributed by atoms with Gasteiger partial charge in [0.2, 0.25) is 5.91 Å². The minimum Gasteiger partial charge on any atom is -0.363 e. The SMILES string of the molecule is CC1CN(Cc2ccccc2)CC1C(=O)N1CC(C)(C)OC2(CNC2)C1. The van der Waals surface area contributed by atoms with Crippen molar-refractivity contribution in [3.05, 3.63) is 35.9 Å². The van der Waals surface area contributed by atoms with Crippen molar-refractivity contribution in [2.45, 2.75) is 38.5 Å². The predicted octanol–water partition coefficient (Wildman–Crippen LogP) is 1.73. The highest BCUT2D eigenvalue weighted by atomic mass is 16.5. The number of morpholine rings is 1. The lowest BCUT2D eigenvalue weighted by molar-refractivity contribution is -0.217. The highest BCUT2D eigenvalue weighted by Crippen LogP contribution is 2.34. The Morgan fingerprint density at radius 2 is 1.92 bits per heavy atom. The summed E-state index contributed by atoms with van der Waals surface area (Å²) in [5, 5.41) is 3.31. The molecule has 3 heterocycles. The smallest absolute Gasteiger partial charge is 0.227 e. The van der Waals surface area contributed by atoms with Crippen LogP contribution in [0.5, 0.6) is 0 Å². The normalized spacial score (nSPS) is 30.3. The second-order valence-electron chi connectivity index (χ2n) is 9.11. The lowest BCUT2D eigenvalue weighted by atomic mass is 9.88. The fourth-order valence-corrected chi connectivity index (χ4v) is 4.85. The molecule has 142 valence electrons. The molecule has 3 saturated heterocycles. The summed E-state index contributed by atoms with van der Waals surface area (Å²) in [7, 11) is 0. The maximum Gasteiger partial charge on any atom is 0.227 e. The van der Waals surface area contributed by atoms with E-state index in [0.717, 1.165) is 39.3 Å². The van der Waals surface area contributed by atoms with E-state index in [1.54, 1.807) is 0 Å². The van der Waals surface area contributed by atoms with Crippen LogP contribution in [-0.4, -0.2) is 66.2 Å². The molecule has 1 amide bonds. The van der Waals surface area contributed by atoms with E-state index in [9.17, 15) is 4.79 Å². The van der Waals surface area contributed by atoms with Crippen molar-refractivity contribution in [3.8, 4) is 0 Å². The number of benzene rings is 1. The lowest BCUT2D eigenvalue weighted by Crippen LogP contribution is -2.73. The molecule has 2 unspecified atom stereocenters. The maximum atomic E-state index is 13.3. The summed E-state index contributed by atoms with van der Waals surface area (Å²) < 4.78 is 6.30. The first-order valence-electron chi connectivity index (χ1n) is 9.82. The molecule has 2 atom stereocenters. The van der Waals surface area contributed by atoms with Crippen LogP contribution in [0.4, 0.5) is 0 Å². The zero-order valence-electron chi connectivity index (χ0n) is 16.2. The van der Waals surface area contributed by atoms with E-state index >= 15 is 0 Å². The molecule has 1 aromatic carbocycles. The van der Waals surface area contributed by atoms with Crippen LogP contribution in [0.1, 0.15) is 26.3 Å². The van der Waals surface area contributed by atoms with Crippen LogP contribution in [0.15, 0.2) is 30.3 Å². The standard InChI is InChI=1S/C21H31N3O2/c1-16-9-23(10-17-7-5-4-6-8-17)11-18(16)19(25)24-14-20(2,3)26-21(15-24)12-22-13-21/h4-8,16,18,22H,9-15H2,1-3H3. The summed E-state index contributed by atoms with van der Waals surface area (Å²) in [4.78, 5) is 17.9. The number of ether oxygens (including phenoxy) is 1. The average molecular weight is 357 g/mol. The molecular weight excluding hydrogens is 326 g/mol. The Morgan fingerprint density at radius 1 is 1.19 bits per heavy atom. The largest absolute Gasteiger partial charge is 0.363 e. The molecular formula is C21H31N3O2. The van der Waals surface area contributed by atoms with Gasteiger partial charge in [-0.1, -0.05) is 37.3 Å². The van der Waals surface area contributed by atoms with Gasteiger partial charge in [-0.2, -0.15) is 0 Å². The zero-order chi connectivity index (χ0) is 18.4. The molecule has 0 aliphatic carbocycles. The second-order valence-corrected chi connectivity index (χ2v) is 9.11. The topological polar surface area (TPSA) is 44.8 Å². The Morgan fingerprint density at radius 3 is 2.58 bits per heavy atom. The van der Waals surface area contributed by atoms with Gasteiger partial charge in [-0.15, -0.1) is 0 Å². The lowest BCUT2D eigenvalue weighted by Gasteiger charge is -2.54. The summed E-state index contributed by atoms with van der Waals surface area (Å²) in [6.45, 7) is 12.3. The van der Waals surface area contributed by atoms with E-state index in [1.807, 2.05) is 6.07 Å². The van der Waals surface area contributed by atoms with Crippen LogP contribution in [0, 0.1) is 11.8 Å². The predicted molar refractivity (Wildman–Crippen MR) is 102 cm³/mol. The molecule has 5 nitrogen and oxygen atoms in total. The third-order valence-electron chi connectivity index (χ3n) is 6.00. The molecule has 3 aliphatic rings. The Balaban J connectivity index is 1.42. The van der Waals surface area contributed by atoms with Gasteiger partial charge in [-0.25, -0.2) is 0 Å². The van der Waals surface area contributed by atoms with E-state index in [0.29, 0.717) is 18.4 Å². The Labute approximate surface area is 156 Å². The number of amides is 1. The van der Waals surface area contributed by atoms with Crippen LogP contribution in [0.2, 0.25) is 0 Å². The Hall–Kier alpha value is -1.43. The molecule has 1 aromatic rings. The first kappa shape index (κ1) is 18.0. The third kappa shape index (κ3) is 3.53. The van der Waals surface area contributed by atoms with Gasteiger partial charge in [0.25, 0.3) is 0 Å². The van der Waals surface area contributed by atoms with Crippen molar-refractivity contribution < 1.29 is 9.53 Å². The number of hydrogen-bond acceptors (Lipinski definition) is 4. The fourth-order valence-electron chi connectivity index (χ4n) is 4.85. The van der Waals surface area contributed by atoms with Gasteiger partial charge in [0.1, 0.15) is 5.60 Å². The fraction of sp³-hybridized carbons (Fsp3) is 0.667. The summed E-state index contributed by atoms with van der Waals surface area (Å²) in [5.41, 5.74) is 0.865. The monoisotopic (exact) mass is 357 g/mol. The quantitative estimate of drug-likeness (QED) is 0.895. The van der Waals surface area contributed by atoms with E-state index in [4.69, 9.17) is 4.74 Å². The molecule has 26 heavy (non-hydrogen) atoms. The van der Waals surface area contributed by atoms with E-state index in [1.165, 1.54) is 5.56 Å². The Bertz CT molecular complexity index is 656. The van der Waals surface area contributed by atoms with E-state index in [2.05, 4.69) is 60.2 Å². The molecule has 1 N–H and O–H groups in total. The van der Waals surface area contributed by atoms with Crippen LogP contribution in [-0.2, 0) is 16.1 Å². The van der Waals surface area contributed by atoms with Crippen molar-refractivity contribution >= 4 is 5.91 Å². The minimum atomic E-state index is -0.276. The van der Waals surface area contributed by atoms with E-state index in [-0.39, 0.29) is 17.1 Å². The molecule has 5 heteroatoms. The van der Waals surface area contributed by atoms with Crippen molar-refractivity contribution in [2.24, 2.45) is 11.8 Å². The maximum absolute atomic E-state index is 13.3. The molecule has 3 aliphatic heterocycles. The van der Waals surface area contributed by atoms with Crippen molar-refractivity contribution in [1.82, 2.24) is 15.1 Å². The summed E-state index contributed by atoms with van der Waals surface area (Å²) in [6, 6.07) is 10.5. The van der Waals surface area contributed by atoms with Crippen molar-refractivity contribution in [3.63, 3.8) is 0 Å². The van der Waals surface area contributed by atoms with Crippen LogP contribution >= 0.6 is 0 Å². The number of likely N-dealkylation sites (tertiary alicyclic amines) is 1. The van der Waals surface area contributed by atoms with Gasteiger partial charge in [0, 0.05) is 39.3 Å². The van der Waals surface area contributed by atoms with Crippen LogP contribution in [0.3, 0.4) is 0 Å². The molecule has 0 saturated carbocycles. The van der Waals surface area contributed by atoms with Crippen molar-refractivity contribution in [1.29, 1.82) is 0 Å². The first-order chi connectivity index (χ1) is 12.4. The van der Waals surface area contributed by atoms with Gasteiger partial charge in [0.15, 0.2) is 0 Å². The third-order valence-corrected chi connectivity index (χ3v) is 6.00. The first-order valence-corrected chi connectivity index (χ1v) is 9.82. The van der Waals surface area contributed by atoms with Gasteiger partial charge in [-0.3, -0.25) is 9.69 Å². The average Bonchev–Trinajstić information content (AvgIpc) is 2.92. The van der Waals surface area contributed by atoms with Crippen LogP contribution in [0.25, 0.3) is 0 Å². The minimum absolute atomic E-state index is 0.0951. The molecule has 1 spiro atoms. The number of carbonyl (C=O) groups is 1. The second kappa shape index (κ2) is 6.63. The van der Waals surface area contributed by atoms with Gasteiger partial charge >= 0.3 is 0 Å². The Kier molecular flexibility index (Phi) is 4.58. The molecule has 0 aromatic heterocycles. The van der Waals surface area contributed by atoms with Crippen molar-refractivity contribution in [2.75, 3.05) is 39.3 Å². The number of nitrogens with one attached hydrogen (secondary N) is 1. The van der Waals surface area contributed by atoms with Gasteiger partial charge < -0.3 is 15.0 Å². The van der Waals surface area contributed by atoms with Gasteiger partial charge in [0.05, 0.1) is 18.1 Å². The number of hydrogen-bond donors (Lipinski definition) is 1. The number of carbonyl (C=O) groups excluding carboxylic acids is 1. The highest BCUT2D eigenvalue weighted by molar-refractivity contribution is 5.80. The summed E-state index contributed by atoms with van der Waals surface area (Å²) in [5.74, 6) is 0.807. The zero-order valence-corrected chi connectivity index (χ0v) is 16.2. The summed E-state index contributed by atoms with van der Waals surface area (Å²) >= 11 is 0. The van der Waals surface area contributed by atoms with Gasteiger partial charge in [-0.05, 0) is 25.3 Å².